The van der Waals surface area contributed by atoms with E-state index in [1.54, 1.807) is 0 Å². The number of hydrogen-bond donors (Lipinski definition) is 2. The van der Waals surface area contributed by atoms with Crippen molar-refractivity contribution < 1.29 is 19.7 Å². The highest BCUT2D eigenvalue weighted by molar-refractivity contribution is 5.69. The summed E-state index contributed by atoms with van der Waals surface area (Å²) >= 11 is 0. The van der Waals surface area contributed by atoms with Gasteiger partial charge in [-0.3, -0.25) is 4.79 Å². The first-order chi connectivity index (χ1) is 5.90. The molecule has 0 amide bonds. The highest BCUT2D eigenvalue weighted by Gasteiger charge is 2.30. The van der Waals surface area contributed by atoms with Crippen molar-refractivity contribution in [3.8, 4) is 0 Å². The molecule has 78 valence electrons. The summed E-state index contributed by atoms with van der Waals surface area (Å²) < 4.78 is 4.86. The van der Waals surface area contributed by atoms with Gasteiger partial charge in [-0.15, -0.1) is 0 Å². The molecule has 0 aliphatic rings. The Hall–Kier alpha value is -0.610. The van der Waals surface area contributed by atoms with Crippen LogP contribution in [0, 0.1) is 0 Å². The van der Waals surface area contributed by atoms with E-state index in [0.717, 1.165) is 12.8 Å². The number of aliphatic hydroxyl groups excluding tert-OH is 1. The molecule has 4 nitrogen and oxygen atoms in total. The van der Waals surface area contributed by atoms with Gasteiger partial charge in [0.2, 0.25) is 0 Å². The van der Waals surface area contributed by atoms with Gasteiger partial charge >= 0.3 is 5.97 Å². The summed E-state index contributed by atoms with van der Waals surface area (Å²) in [5, 5.41) is 17.7. The van der Waals surface area contributed by atoms with Crippen LogP contribution in [0.1, 0.15) is 40.0 Å². The van der Waals surface area contributed by atoms with Gasteiger partial charge in [-0.2, -0.15) is 0 Å². The summed E-state index contributed by atoms with van der Waals surface area (Å²) in [5.41, 5.74) is -1.22. The van der Waals surface area contributed by atoms with E-state index >= 15 is 0 Å². The monoisotopic (exact) mass is 190 g/mol. The number of rotatable bonds is 5. The van der Waals surface area contributed by atoms with Crippen molar-refractivity contribution in [3.05, 3.63) is 0 Å². The number of aliphatic hydroxyl groups is 2. The van der Waals surface area contributed by atoms with E-state index in [-0.39, 0.29) is 5.97 Å². The third kappa shape index (κ3) is 4.85. The zero-order valence-electron chi connectivity index (χ0n) is 8.41. The Morgan fingerprint density at radius 1 is 1.46 bits per heavy atom. The van der Waals surface area contributed by atoms with Crippen LogP contribution >= 0.6 is 0 Å². The molecule has 0 heterocycles. The van der Waals surface area contributed by atoms with E-state index in [9.17, 15) is 4.79 Å². The van der Waals surface area contributed by atoms with E-state index in [1.165, 1.54) is 13.8 Å². The van der Waals surface area contributed by atoms with E-state index < -0.39 is 11.9 Å². The second-order valence-corrected chi connectivity index (χ2v) is 3.55. The molecule has 0 aliphatic carbocycles. The fraction of sp³-hybridized carbons (Fsp3) is 0.889. The molecule has 2 N–H and O–H groups in total. The van der Waals surface area contributed by atoms with Crippen molar-refractivity contribution in [2.45, 2.75) is 51.9 Å². The molecule has 13 heavy (non-hydrogen) atoms. The Bertz CT molecular complexity index is 163. The van der Waals surface area contributed by atoms with Gasteiger partial charge in [0.05, 0.1) is 0 Å². The largest absolute Gasteiger partial charge is 0.454 e. The minimum absolute atomic E-state index is 0.326. The van der Waals surface area contributed by atoms with Crippen LogP contribution in [0.15, 0.2) is 0 Å². The van der Waals surface area contributed by atoms with Gasteiger partial charge in [0.15, 0.2) is 11.9 Å². The Balaban J connectivity index is 3.90. The lowest BCUT2D eigenvalue weighted by atomic mass is 10.1. The lowest BCUT2D eigenvalue weighted by molar-refractivity contribution is -0.201. The third-order valence-corrected chi connectivity index (χ3v) is 1.73. The second kappa shape index (κ2) is 5.19. The fourth-order valence-corrected chi connectivity index (χ4v) is 0.718. The molecule has 0 radical (unpaired) electrons. The standard InChI is InChI=1S/C9H18O4/c1-4-5-6-7(10)13-9(2,3)8(11)12/h8,11-12H,4-6H2,1-3H3. The first-order valence-corrected chi connectivity index (χ1v) is 4.48. The molecule has 0 fully saturated rings. The minimum atomic E-state index is -1.64. The lowest BCUT2D eigenvalue weighted by Crippen LogP contribution is -2.40. The van der Waals surface area contributed by atoms with E-state index in [0.29, 0.717) is 6.42 Å². The summed E-state index contributed by atoms with van der Waals surface area (Å²) in [5.74, 6) is -0.389. The fourth-order valence-electron chi connectivity index (χ4n) is 0.718. The molecule has 0 aromatic rings. The van der Waals surface area contributed by atoms with Crippen molar-refractivity contribution in [3.63, 3.8) is 0 Å². The average Bonchev–Trinajstić information content (AvgIpc) is 1.99. The Morgan fingerprint density at radius 3 is 2.38 bits per heavy atom. The highest BCUT2D eigenvalue weighted by Crippen LogP contribution is 2.14. The van der Waals surface area contributed by atoms with Gasteiger partial charge in [-0.1, -0.05) is 13.3 Å². The number of carbonyl (C=O) groups is 1. The molecule has 0 saturated heterocycles. The van der Waals surface area contributed by atoms with Crippen molar-refractivity contribution in [2.75, 3.05) is 0 Å². The van der Waals surface area contributed by atoms with Gasteiger partial charge < -0.3 is 14.9 Å². The Kier molecular flexibility index (Phi) is 4.95. The van der Waals surface area contributed by atoms with Crippen LogP contribution in [-0.4, -0.2) is 28.1 Å². The molecular weight excluding hydrogens is 172 g/mol. The highest BCUT2D eigenvalue weighted by atomic mass is 16.6. The first-order valence-electron chi connectivity index (χ1n) is 4.48. The molecule has 4 heteroatoms. The maximum atomic E-state index is 11.1. The van der Waals surface area contributed by atoms with Crippen LogP contribution in [0.2, 0.25) is 0 Å². The Morgan fingerprint density at radius 2 is 2.00 bits per heavy atom. The van der Waals surface area contributed by atoms with E-state index in [4.69, 9.17) is 14.9 Å². The van der Waals surface area contributed by atoms with Crippen LogP contribution in [0.4, 0.5) is 0 Å². The predicted octanol–water partition coefficient (Wildman–Crippen LogP) is 0.809. The normalized spacial score (nSPS) is 11.8. The molecule has 0 rings (SSSR count). The quantitative estimate of drug-likeness (QED) is 0.497. The van der Waals surface area contributed by atoms with Crippen LogP contribution in [-0.2, 0) is 9.53 Å². The van der Waals surface area contributed by atoms with Crippen LogP contribution in [0.3, 0.4) is 0 Å². The molecule has 0 spiro atoms. The van der Waals surface area contributed by atoms with E-state index in [2.05, 4.69) is 0 Å². The Labute approximate surface area is 78.5 Å². The van der Waals surface area contributed by atoms with Crippen LogP contribution in [0.5, 0.6) is 0 Å². The van der Waals surface area contributed by atoms with Crippen molar-refractivity contribution >= 4 is 5.97 Å². The maximum Gasteiger partial charge on any atom is 0.306 e. The van der Waals surface area contributed by atoms with Gasteiger partial charge in [0.25, 0.3) is 0 Å². The van der Waals surface area contributed by atoms with Crippen molar-refractivity contribution in [1.29, 1.82) is 0 Å². The minimum Gasteiger partial charge on any atom is -0.454 e. The lowest BCUT2D eigenvalue weighted by Gasteiger charge is -2.26. The number of esters is 1. The smallest absolute Gasteiger partial charge is 0.306 e. The zero-order chi connectivity index (χ0) is 10.5. The third-order valence-electron chi connectivity index (χ3n) is 1.73. The topological polar surface area (TPSA) is 66.8 Å². The van der Waals surface area contributed by atoms with Crippen LogP contribution < -0.4 is 0 Å². The molecule has 0 atom stereocenters. The predicted molar refractivity (Wildman–Crippen MR) is 47.9 cm³/mol. The SMILES string of the molecule is CCCCC(=O)OC(C)(C)C(O)O. The molecule has 0 unspecified atom stereocenters. The van der Waals surface area contributed by atoms with E-state index in [1.807, 2.05) is 6.92 Å². The molecule has 0 aromatic heterocycles. The molecular formula is C9H18O4. The van der Waals surface area contributed by atoms with Crippen molar-refractivity contribution in [1.82, 2.24) is 0 Å². The number of hydrogen-bond acceptors (Lipinski definition) is 4. The van der Waals surface area contributed by atoms with Gasteiger partial charge in [0.1, 0.15) is 0 Å². The summed E-state index contributed by atoms with van der Waals surface area (Å²) in [6.45, 7) is 4.89. The molecule has 0 bridgehead atoms. The number of ether oxygens (including phenoxy) is 1. The van der Waals surface area contributed by atoms with Gasteiger partial charge in [0, 0.05) is 6.42 Å². The zero-order valence-corrected chi connectivity index (χ0v) is 8.41. The first kappa shape index (κ1) is 12.4. The average molecular weight is 190 g/mol. The second-order valence-electron chi connectivity index (χ2n) is 3.55. The summed E-state index contributed by atoms with van der Waals surface area (Å²) in [4.78, 5) is 11.1. The van der Waals surface area contributed by atoms with Gasteiger partial charge in [-0.05, 0) is 20.3 Å². The van der Waals surface area contributed by atoms with Crippen molar-refractivity contribution in [2.24, 2.45) is 0 Å². The maximum absolute atomic E-state index is 11.1. The number of carbonyl (C=O) groups excluding carboxylic acids is 1. The summed E-state index contributed by atoms with van der Waals surface area (Å²) in [6, 6.07) is 0. The molecule has 0 aliphatic heterocycles. The molecule has 0 aromatic carbocycles. The van der Waals surface area contributed by atoms with Crippen LogP contribution in [0.25, 0.3) is 0 Å². The summed E-state index contributed by atoms with van der Waals surface area (Å²) in [6.07, 6.45) is 0.360. The molecule has 0 saturated carbocycles. The van der Waals surface area contributed by atoms with Gasteiger partial charge in [-0.25, -0.2) is 0 Å². The summed E-state index contributed by atoms with van der Waals surface area (Å²) in [7, 11) is 0. The number of unbranched alkanes of at least 4 members (excludes halogenated alkanes) is 1.